The number of benzene rings is 1. The van der Waals surface area contributed by atoms with E-state index >= 15 is 0 Å². The first-order valence-electron chi connectivity index (χ1n) is 10.7. The fourth-order valence-electron chi connectivity index (χ4n) is 3.45. The average molecular weight is 456 g/mol. The van der Waals surface area contributed by atoms with Gasteiger partial charge in [0.05, 0.1) is 11.3 Å². The van der Waals surface area contributed by atoms with E-state index in [1.54, 1.807) is 26.1 Å². The molecule has 0 spiro atoms. The van der Waals surface area contributed by atoms with Crippen LogP contribution >= 0.6 is 0 Å². The fourth-order valence-corrected chi connectivity index (χ4v) is 3.45. The molecule has 0 aliphatic heterocycles. The first-order chi connectivity index (χ1) is 15.6. The van der Waals surface area contributed by atoms with Gasteiger partial charge < -0.3 is 10.3 Å². The SMILES string of the molecule is CC(C)C(=O)NCc1ccc(C(F)(F)F)c(-c2nc(-c3ccc(C4CC4)nc3)cc(=O)[nH]2)c1. The van der Waals surface area contributed by atoms with Gasteiger partial charge >= 0.3 is 6.18 Å². The highest BCUT2D eigenvalue weighted by Gasteiger charge is 2.34. The Labute approximate surface area is 188 Å². The van der Waals surface area contributed by atoms with Crippen molar-refractivity contribution in [1.29, 1.82) is 0 Å². The molecule has 1 aliphatic rings. The zero-order valence-electron chi connectivity index (χ0n) is 18.2. The minimum absolute atomic E-state index is 0.0542. The van der Waals surface area contributed by atoms with Crippen LogP contribution in [0.2, 0.25) is 0 Å². The molecule has 2 aromatic heterocycles. The number of amides is 1. The van der Waals surface area contributed by atoms with E-state index in [4.69, 9.17) is 0 Å². The number of carbonyl (C=O) groups is 1. The number of pyridine rings is 1. The van der Waals surface area contributed by atoms with Gasteiger partial charge in [-0.05, 0) is 42.7 Å². The first-order valence-corrected chi connectivity index (χ1v) is 10.7. The van der Waals surface area contributed by atoms with E-state index in [1.165, 1.54) is 18.2 Å². The molecule has 1 fully saturated rings. The third kappa shape index (κ3) is 5.30. The smallest absolute Gasteiger partial charge is 0.352 e. The number of alkyl halides is 3. The summed E-state index contributed by atoms with van der Waals surface area (Å²) in [5, 5.41) is 2.68. The molecule has 1 amide bonds. The summed E-state index contributed by atoms with van der Waals surface area (Å²) < 4.78 is 41.2. The minimum Gasteiger partial charge on any atom is -0.352 e. The number of nitrogens with zero attached hydrogens (tertiary/aromatic N) is 2. The monoisotopic (exact) mass is 456 g/mol. The summed E-state index contributed by atoms with van der Waals surface area (Å²) >= 11 is 0. The van der Waals surface area contributed by atoms with Crippen molar-refractivity contribution in [2.24, 2.45) is 5.92 Å². The van der Waals surface area contributed by atoms with E-state index in [2.05, 4.69) is 20.3 Å². The number of aromatic amines is 1. The molecule has 0 bridgehead atoms. The zero-order chi connectivity index (χ0) is 23.8. The Morgan fingerprint density at radius 1 is 1.18 bits per heavy atom. The molecule has 4 rings (SSSR count). The topological polar surface area (TPSA) is 87.7 Å². The maximum Gasteiger partial charge on any atom is 0.417 e. The summed E-state index contributed by atoms with van der Waals surface area (Å²) in [6.45, 7) is 3.50. The van der Waals surface area contributed by atoms with Gasteiger partial charge in [0.15, 0.2) is 0 Å². The van der Waals surface area contributed by atoms with E-state index in [0.29, 0.717) is 17.0 Å². The number of hydrogen-bond donors (Lipinski definition) is 2. The molecule has 1 saturated carbocycles. The second-order valence-corrected chi connectivity index (χ2v) is 8.48. The number of H-pyrrole nitrogens is 1. The number of carbonyl (C=O) groups excluding carboxylic acids is 1. The van der Waals surface area contributed by atoms with Crippen LogP contribution in [0.25, 0.3) is 22.6 Å². The van der Waals surface area contributed by atoms with Crippen molar-refractivity contribution < 1.29 is 18.0 Å². The lowest BCUT2D eigenvalue weighted by molar-refractivity contribution is -0.137. The zero-order valence-corrected chi connectivity index (χ0v) is 18.2. The lowest BCUT2D eigenvalue weighted by Crippen LogP contribution is -2.27. The van der Waals surface area contributed by atoms with Gasteiger partial charge in [0.1, 0.15) is 5.82 Å². The Hall–Kier alpha value is -3.49. The molecule has 0 radical (unpaired) electrons. The van der Waals surface area contributed by atoms with Crippen molar-refractivity contribution in [2.45, 2.75) is 45.3 Å². The summed E-state index contributed by atoms with van der Waals surface area (Å²) in [4.78, 5) is 35.3. The molecule has 2 heterocycles. The summed E-state index contributed by atoms with van der Waals surface area (Å²) in [5.74, 6) is -0.219. The second-order valence-electron chi connectivity index (χ2n) is 8.48. The van der Waals surface area contributed by atoms with Gasteiger partial charge in [-0.3, -0.25) is 14.6 Å². The summed E-state index contributed by atoms with van der Waals surface area (Å²) in [7, 11) is 0. The number of aromatic nitrogens is 3. The molecule has 6 nitrogen and oxygen atoms in total. The Morgan fingerprint density at radius 3 is 2.55 bits per heavy atom. The van der Waals surface area contributed by atoms with Crippen molar-refractivity contribution >= 4 is 5.91 Å². The van der Waals surface area contributed by atoms with Crippen LogP contribution in [0.1, 0.15) is 49.4 Å². The Bertz CT molecular complexity index is 1230. The third-order valence-electron chi connectivity index (χ3n) is 5.46. The highest BCUT2D eigenvalue weighted by molar-refractivity contribution is 5.78. The Balaban J connectivity index is 1.73. The second kappa shape index (κ2) is 8.80. The van der Waals surface area contributed by atoms with Crippen molar-refractivity contribution in [3.8, 4) is 22.6 Å². The van der Waals surface area contributed by atoms with Crippen molar-refractivity contribution in [2.75, 3.05) is 0 Å². The van der Waals surface area contributed by atoms with Crippen LogP contribution in [0, 0.1) is 5.92 Å². The first kappa shape index (κ1) is 22.7. The van der Waals surface area contributed by atoms with Crippen molar-refractivity contribution in [1.82, 2.24) is 20.3 Å². The highest BCUT2D eigenvalue weighted by Crippen LogP contribution is 2.39. The molecule has 0 atom stereocenters. The number of nitrogens with one attached hydrogen (secondary N) is 2. The van der Waals surface area contributed by atoms with E-state index in [1.807, 2.05) is 6.07 Å². The van der Waals surface area contributed by atoms with Crippen LogP contribution in [0.4, 0.5) is 13.2 Å². The standard InChI is InChI=1S/C24H23F3N4O2/c1-13(2)23(33)29-11-14-3-7-18(24(25,26)27)17(9-14)22-30-20(10-21(32)31-22)16-6-8-19(28-12-16)15-4-5-15/h3,6-10,12-13,15H,4-5,11H2,1-2H3,(H,29,33)(H,30,31,32). The van der Waals surface area contributed by atoms with E-state index in [-0.39, 0.29) is 35.5 Å². The third-order valence-corrected chi connectivity index (χ3v) is 5.46. The minimum atomic E-state index is -4.66. The molecule has 3 aromatic rings. The molecule has 1 aliphatic carbocycles. The predicted molar refractivity (Wildman–Crippen MR) is 117 cm³/mol. The van der Waals surface area contributed by atoms with Gasteiger partial charge in [0.2, 0.25) is 5.91 Å². The quantitative estimate of drug-likeness (QED) is 0.565. The van der Waals surface area contributed by atoms with Gasteiger partial charge in [-0.1, -0.05) is 19.9 Å². The van der Waals surface area contributed by atoms with Crippen LogP contribution < -0.4 is 10.9 Å². The Kier molecular flexibility index (Phi) is 6.05. The van der Waals surface area contributed by atoms with Crippen molar-refractivity contribution in [3.05, 3.63) is 69.8 Å². The summed E-state index contributed by atoms with van der Waals surface area (Å²) in [6, 6.07) is 8.39. The van der Waals surface area contributed by atoms with Gasteiger partial charge in [-0.15, -0.1) is 0 Å². The molecule has 0 unspecified atom stereocenters. The van der Waals surface area contributed by atoms with E-state index in [0.717, 1.165) is 24.6 Å². The summed E-state index contributed by atoms with van der Waals surface area (Å²) in [6.07, 6.45) is -0.888. The average Bonchev–Trinajstić information content (AvgIpc) is 3.61. The number of hydrogen-bond acceptors (Lipinski definition) is 4. The van der Waals surface area contributed by atoms with Crippen LogP contribution in [-0.4, -0.2) is 20.9 Å². The van der Waals surface area contributed by atoms with Crippen LogP contribution in [0.5, 0.6) is 0 Å². The highest BCUT2D eigenvalue weighted by atomic mass is 19.4. The molecule has 2 N–H and O–H groups in total. The van der Waals surface area contributed by atoms with Gasteiger partial charge in [0, 0.05) is 47.5 Å². The lowest BCUT2D eigenvalue weighted by atomic mass is 10.0. The molecule has 0 saturated heterocycles. The lowest BCUT2D eigenvalue weighted by Gasteiger charge is -2.15. The van der Waals surface area contributed by atoms with Gasteiger partial charge in [-0.2, -0.15) is 13.2 Å². The molecule has 33 heavy (non-hydrogen) atoms. The maximum atomic E-state index is 13.7. The molecular formula is C24H23F3N4O2. The number of halogens is 3. The van der Waals surface area contributed by atoms with Crippen LogP contribution in [0.15, 0.2) is 47.4 Å². The van der Waals surface area contributed by atoms with Crippen molar-refractivity contribution in [3.63, 3.8) is 0 Å². The molecule has 172 valence electrons. The molecule has 9 heteroatoms. The molecular weight excluding hydrogens is 433 g/mol. The predicted octanol–water partition coefficient (Wildman–Crippen LogP) is 4.67. The summed E-state index contributed by atoms with van der Waals surface area (Å²) in [5.41, 5.74) is 0.419. The van der Waals surface area contributed by atoms with Crippen LogP contribution in [-0.2, 0) is 17.5 Å². The van der Waals surface area contributed by atoms with Gasteiger partial charge in [0.25, 0.3) is 5.56 Å². The van der Waals surface area contributed by atoms with Crippen LogP contribution in [0.3, 0.4) is 0 Å². The Morgan fingerprint density at radius 2 is 1.94 bits per heavy atom. The van der Waals surface area contributed by atoms with Gasteiger partial charge in [-0.25, -0.2) is 4.98 Å². The number of rotatable bonds is 6. The largest absolute Gasteiger partial charge is 0.417 e. The molecule has 1 aromatic carbocycles. The van der Waals surface area contributed by atoms with E-state index in [9.17, 15) is 22.8 Å². The maximum absolute atomic E-state index is 13.7. The fraction of sp³-hybridized carbons (Fsp3) is 0.333. The normalized spacial score (nSPS) is 13.9. The van der Waals surface area contributed by atoms with E-state index < -0.39 is 17.3 Å².